The van der Waals surface area contributed by atoms with Gasteiger partial charge in [-0.1, -0.05) is 12.1 Å². The van der Waals surface area contributed by atoms with Crippen molar-refractivity contribution in [3.63, 3.8) is 0 Å². The normalized spacial score (nSPS) is 10.3. The van der Waals surface area contributed by atoms with Crippen molar-refractivity contribution >= 4 is 15.9 Å². The molecule has 0 aliphatic rings. The van der Waals surface area contributed by atoms with Gasteiger partial charge in [0.2, 0.25) is 0 Å². The fourth-order valence-corrected chi connectivity index (χ4v) is 1.46. The number of halogens is 3. The molecule has 0 saturated carbocycles. The fourth-order valence-electron chi connectivity index (χ4n) is 1.19. The van der Waals surface area contributed by atoms with E-state index in [0.717, 1.165) is 0 Å². The van der Waals surface area contributed by atoms with Crippen molar-refractivity contribution in [2.45, 2.75) is 0 Å². The van der Waals surface area contributed by atoms with Crippen LogP contribution in [0.3, 0.4) is 0 Å². The first-order valence-corrected chi connectivity index (χ1v) is 4.89. The van der Waals surface area contributed by atoms with E-state index >= 15 is 0 Å². The third-order valence-corrected chi connectivity index (χ3v) is 2.40. The molecule has 5 heteroatoms. The van der Waals surface area contributed by atoms with Crippen LogP contribution in [0.2, 0.25) is 0 Å². The number of benzene rings is 1. The zero-order valence-electron chi connectivity index (χ0n) is 7.42. The van der Waals surface area contributed by atoms with Gasteiger partial charge in [0, 0.05) is 5.56 Å². The van der Waals surface area contributed by atoms with E-state index in [1.54, 1.807) is 6.07 Å². The van der Waals surface area contributed by atoms with Crippen LogP contribution in [0.4, 0.5) is 8.78 Å². The molecule has 1 aromatic heterocycles. The molecule has 0 fully saturated rings. The van der Waals surface area contributed by atoms with Crippen molar-refractivity contribution < 1.29 is 8.78 Å². The molecule has 0 aliphatic heterocycles. The molecule has 76 valence electrons. The highest BCUT2D eigenvalue weighted by atomic mass is 79.9. The van der Waals surface area contributed by atoms with Crippen LogP contribution in [-0.4, -0.2) is 9.97 Å². The van der Waals surface area contributed by atoms with Gasteiger partial charge in [0.25, 0.3) is 0 Å². The van der Waals surface area contributed by atoms with Crippen LogP contribution >= 0.6 is 15.9 Å². The van der Waals surface area contributed by atoms with Gasteiger partial charge in [-0.3, -0.25) is 0 Å². The Morgan fingerprint density at radius 2 is 1.93 bits per heavy atom. The van der Waals surface area contributed by atoms with Gasteiger partial charge in [0.1, 0.15) is 22.4 Å². The van der Waals surface area contributed by atoms with E-state index in [1.165, 1.54) is 24.5 Å². The van der Waals surface area contributed by atoms with Gasteiger partial charge in [-0.15, -0.1) is 0 Å². The second-order valence-electron chi connectivity index (χ2n) is 2.84. The van der Waals surface area contributed by atoms with Crippen LogP contribution in [0.5, 0.6) is 0 Å². The summed E-state index contributed by atoms with van der Waals surface area (Å²) in [5, 5.41) is 0. The molecule has 0 unspecified atom stereocenters. The highest BCUT2D eigenvalue weighted by molar-refractivity contribution is 9.10. The van der Waals surface area contributed by atoms with Crippen LogP contribution in [-0.2, 0) is 0 Å². The molecule has 0 aliphatic carbocycles. The SMILES string of the molecule is Fc1cccc(-c2ncnc(Br)c2F)c1. The fraction of sp³-hybridized carbons (Fsp3) is 0. The molecule has 0 atom stereocenters. The number of nitrogens with zero attached hydrogens (tertiary/aromatic N) is 2. The summed E-state index contributed by atoms with van der Waals surface area (Å²) in [5.74, 6) is -1.02. The molecule has 0 N–H and O–H groups in total. The minimum Gasteiger partial charge on any atom is -0.233 e. The number of hydrogen-bond acceptors (Lipinski definition) is 2. The molecule has 0 radical (unpaired) electrons. The van der Waals surface area contributed by atoms with Gasteiger partial charge in [-0.25, -0.2) is 18.7 Å². The molecule has 1 aromatic carbocycles. The van der Waals surface area contributed by atoms with Crippen LogP contribution in [0.1, 0.15) is 0 Å². The van der Waals surface area contributed by atoms with Crippen molar-refractivity contribution in [3.8, 4) is 11.3 Å². The summed E-state index contributed by atoms with van der Waals surface area (Å²) >= 11 is 2.94. The van der Waals surface area contributed by atoms with Crippen molar-refractivity contribution in [2.24, 2.45) is 0 Å². The minimum absolute atomic E-state index is 0.0664. The van der Waals surface area contributed by atoms with Gasteiger partial charge in [-0.05, 0) is 28.1 Å². The first-order chi connectivity index (χ1) is 7.18. The molecular formula is C10H5BrF2N2. The summed E-state index contributed by atoms with van der Waals surface area (Å²) < 4.78 is 26.5. The van der Waals surface area contributed by atoms with Gasteiger partial charge in [0.05, 0.1) is 0 Å². The van der Waals surface area contributed by atoms with Gasteiger partial charge < -0.3 is 0 Å². The smallest absolute Gasteiger partial charge is 0.182 e. The lowest BCUT2D eigenvalue weighted by Crippen LogP contribution is -1.93. The summed E-state index contributed by atoms with van der Waals surface area (Å²) in [4.78, 5) is 7.39. The Morgan fingerprint density at radius 3 is 2.67 bits per heavy atom. The summed E-state index contributed by atoms with van der Waals surface area (Å²) in [6.45, 7) is 0. The monoisotopic (exact) mass is 270 g/mol. The predicted molar refractivity (Wildman–Crippen MR) is 55.1 cm³/mol. The Kier molecular flexibility index (Phi) is 2.73. The van der Waals surface area contributed by atoms with E-state index in [-0.39, 0.29) is 10.3 Å². The lowest BCUT2D eigenvalue weighted by atomic mass is 10.1. The van der Waals surface area contributed by atoms with E-state index in [0.29, 0.717) is 5.56 Å². The maximum Gasteiger partial charge on any atom is 0.182 e. The van der Waals surface area contributed by atoms with Gasteiger partial charge in [0.15, 0.2) is 5.82 Å². The Morgan fingerprint density at radius 1 is 1.13 bits per heavy atom. The van der Waals surface area contributed by atoms with Gasteiger partial charge in [-0.2, -0.15) is 0 Å². The minimum atomic E-state index is -0.594. The first-order valence-electron chi connectivity index (χ1n) is 4.10. The van der Waals surface area contributed by atoms with Crippen molar-refractivity contribution in [1.82, 2.24) is 9.97 Å². The summed E-state index contributed by atoms with van der Waals surface area (Å²) in [5.41, 5.74) is 0.465. The number of rotatable bonds is 1. The Hall–Kier alpha value is -1.36. The molecule has 0 amide bonds. The number of hydrogen-bond donors (Lipinski definition) is 0. The molecule has 0 bridgehead atoms. The molecular weight excluding hydrogens is 266 g/mol. The Balaban J connectivity index is 2.59. The molecule has 2 rings (SSSR count). The quantitative estimate of drug-likeness (QED) is 0.744. The van der Waals surface area contributed by atoms with Crippen LogP contribution in [0.15, 0.2) is 35.2 Å². The average molecular weight is 271 g/mol. The molecule has 0 spiro atoms. The van der Waals surface area contributed by atoms with E-state index < -0.39 is 11.6 Å². The van der Waals surface area contributed by atoms with E-state index in [4.69, 9.17) is 0 Å². The zero-order valence-corrected chi connectivity index (χ0v) is 9.00. The van der Waals surface area contributed by atoms with E-state index in [9.17, 15) is 8.78 Å². The van der Waals surface area contributed by atoms with Crippen LogP contribution < -0.4 is 0 Å². The van der Waals surface area contributed by atoms with Crippen LogP contribution in [0.25, 0.3) is 11.3 Å². The first kappa shape index (κ1) is 10.2. The molecule has 2 nitrogen and oxygen atoms in total. The number of aromatic nitrogens is 2. The van der Waals surface area contributed by atoms with Crippen molar-refractivity contribution in [3.05, 3.63) is 46.8 Å². The van der Waals surface area contributed by atoms with Crippen molar-refractivity contribution in [2.75, 3.05) is 0 Å². The second kappa shape index (κ2) is 4.02. The Labute approximate surface area is 93.1 Å². The summed E-state index contributed by atoms with van der Waals surface area (Å²) in [6, 6.07) is 5.59. The topological polar surface area (TPSA) is 25.8 Å². The van der Waals surface area contributed by atoms with Gasteiger partial charge >= 0.3 is 0 Å². The predicted octanol–water partition coefficient (Wildman–Crippen LogP) is 3.18. The third-order valence-electron chi connectivity index (χ3n) is 1.84. The maximum absolute atomic E-state index is 13.5. The largest absolute Gasteiger partial charge is 0.233 e. The second-order valence-corrected chi connectivity index (χ2v) is 3.59. The Bertz CT molecular complexity index is 503. The zero-order chi connectivity index (χ0) is 10.8. The molecule has 1 heterocycles. The lowest BCUT2D eigenvalue weighted by molar-refractivity contribution is 0.607. The maximum atomic E-state index is 13.5. The van der Waals surface area contributed by atoms with E-state index in [2.05, 4.69) is 25.9 Å². The summed E-state index contributed by atoms with van der Waals surface area (Å²) in [7, 11) is 0. The third kappa shape index (κ3) is 2.02. The molecule has 2 aromatic rings. The molecule has 15 heavy (non-hydrogen) atoms. The highest BCUT2D eigenvalue weighted by Crippen LogP contribution is 2.24. The standard InChI is InChI=1S/C10H5BrF2N2/c11-10-8(13)9(14-5-15-10)6-2-1-3-7(12)4-6/h1-5H. The average Bonchev–Trinajstić information content (AvgIpc) is 2.22. The van der Waals surface area contributed by atoms with Crippen molar-refractivity contribution in [1.29, 1.82) is 0 Å². The van der Waals surface area contributed by atoms with E-state index in [1.807, 2.05) is 0 Å². The molecule has 0 saturated heterocycles. The van der Waals surface area contributed by atoms with Crippen LogP contribution in [0, 0.1) is 11.6 Å². The summed E-state index contributed by atoms with van der Waals surface area (Å²) in [6.07, 6.45) is 1.22. The lowest BCUT2D eigenvalue weighted by Gasteiger charge is -2.02. The highest BCUT2D eigenvalue weighted by Gasteiger charge is 2.10.